The van der Waals surface area contributed by atoms with Gasteiger partial charge in [-0.05, 0) is 18.5 Å². The summed E-state index contributed by atoms with van der Waals surface area (Å²) in [4.78, 5) is 21.0. The van der Waals surface area contributed by atoms with E-state index in [4.69, 9.17) is 5.11 Å². The molecular weight excluding hydrogens is 168 g/mol. The lowest BCUT2D eigenvalue weighted by Gasteiger charge is -1.87. The highest BCUT2D eigenvalue weighted by Crippen LogP contribution is 2.09. The third-order valence-corrected chi connectivity index (χ3v) is 1.88. The smallest absolute Gasteiger partial charge is 0.378 e. The average molecular weight is 172 g/mol. The van der Waals surface area contributed by atoms with Gasteiger partial charge in [0, 0.05) is 0 Å². The Morgan fingerprint density at radius 1 is 1.55 bits per heavy atom. The SMILES string of the molecule is Cc1nnsc1C(=O)C(=O)O. The molecule has 0 bridgehead atoms. The Morgan fingerprint density at radius 3 is 2.55 bits per heavy atom. The molecule has 0 spiro atoms. The van der Waals surface area contributed by atoms with Crippen LogP contribution in [-0.2, 0) is 4.79 Å². The van der Waals surface area contributed by atoms with E-state index in [2.05, 4.69) is 9.59 Å². The van der Waals surface area contributed by atoms with Gasteiger partial charge in [0.15, 0.2) is 0 Å². The third kappa shape index (κ3) is 1.40. The number of carboxylic acid groups (broad SMARTS) is 1. The van der Waals surface area contributed by atoms with Crippen LogP contribution >= 0.6 is 11.5 Å². The molecule has 0 radical (unpaired) electrons. The van der Waals surface area contributed by atoms with Crippen LogP contribution in [0.5, 0.6) is 0 Å². The van der Waals surface area contributed by atoms with Crippen molar-refractivity contribution in [3.8, 4) is 0 Å². The second-order valence-corrected chi connectivity index (χ2v) is 2.58. The van der Waals surface area contributed by atoms with E-state index in [0.717, 1.165) is 11.5 Å². The second kappa shape index (κ2) is 2.75. The van der Waals surface area contributed by atoms with Gasteiger partial charge in [0.1, 0.15) is 4.88 Å². The first-order valence-electron chi connectivity index (χ1n) is 2.69. The fourth-order valence-electron chi connectivity index (χ4n) is 0.537. The zero-order valence-corrected chi connectivity index (χ0v) is 6.38. The minimum absolute atomic E-state index is 0.0949. The molecule has 1 aromatic rings. The summed E-state index contributed by atoms with van der Waals surface area (Å²) in [6.45, 7) is 1.54. The molecule has 0 aliphatic rings. The number of carbonyl (C=O) groups excluding carboxylic acids is 1. The standard InChI is InChI=1S/C5H4N2O3S/c1-2-4(11-7-6-2)3(8)5(9)10/h1H3,(H,9,10). The van der Waals surface area contributed by atoms with Crippen molar-refractivity contribution in [2.24, 2.45) is 0 Å². The Hall–Kier alpha value is -1.30. The van der Waals surface area contributed by atoms with Crippen LogP contribution in [0.2, 0.25) is 0 Å². The van der Waals surface area contributed by atoms with Gasteiger partial charge in [0.05, 0.1) is 5.69 Å². The predicted molar refractivity (Wildman–Crippen MR) is 36.6 cm³/mol. The second-order valence-electron chi connectivity index (χ2n) is 1.82. The summed E-state index contributed by atoms with van der Waals surface area (Å²) in [5.41, 5.74) is 0.363. The molecular formula is C5H4N2O3S. The maximum atomic E-state index is 10.8. The molecule has 0 saturated carbocycles. The third-order valence-electron chi connectivity index (χ3n) is 1.05. The average Bonchev–Trinajstić information content (AvgIpc) is 2.33. The molecule has 0 atom stereocenters. The monoisotopic (exact) mass is 172 g/mol. The number of hydrogen-bond acceptors (Lipinski definition) is 5. The van der Waals surface area contributed by atoms with Gasteiger partial charge in [-0.2, -0.15) is 0 Å². The lowest BCUT2D eigenvalue weighted by atomic mass is 10.3. The minimum Gasteiger partial charge on any atom is -0.475 e. The van der Waals surface area contributed by atoms with Crippen LogP contribution < -0.4 is 0 Å². The maximum absolute atomic E-state index is 10.8. The van der Waals surface area contributed by atoms with E-state index in [0.29, 0.717) is 5.69 Å². The van der Waals surface area contributed by atoms with Crippen molar-refractivity contribution in [1.82, 2.24) is 9.59 Å². The Kier molecular flexibility index (Phi) is 1.95. The first kappa shape index (κ1) is 7.80. The fourth-order valence-corrected chi connectivity index (χ4v) is 1.12. The molecule has 0 aromatic carbocycles. The van der Waals surface area contributed by atoms with Crippen LogP contribution in [0, 0.1) is 6.92 Å². The molecule has 1 aromatic heterocycles. The van der Waals surface area contributed by atoms with E-state index < -0.39 is 11.8 Å². The Labute approximate surface area is 65.8 Å². The first-order valence-corrected chi connectivity index (χ1v) is 3.47. The topological polar surface area (TPSA) is 80.2 Å². The van der Waals surface area contributed by atoms with Gasteiger partial charge in [-0.25, -0.2) is 4.79 Å². The molecule has 58 valence electrons. The summed E-state index contributed by atoms with van der Waals surface area (Å²) >= 11 is 0.794. The molecule has 1 heterocycles. The Morgan fingerprint density at radius 2 is 2.18 bits per heavy atom. The lowest BCUT2D eigenvalue weighted by Crippen LogP contribution is -2.12. The van der Waals surface area contributed by atoms with Crippen molar-refractivity contribution in [3.63, 3.8) is 0 Å². The summed E-state index contributed by atoms with van der Waals surface area (Å²) in [6, 6.07) is 0. The summed E-state index contributed by atoms with van der Waals surface area (Å²) in [6.07, 6.45) is 0. The first-order chi connectivity index (χ1) is 5.13. The van der Waals surface area contributed by atoms with Crippen LogP contribution in [0.25, 0.3) is 0 Å². The number of carbonyl (C=O) groups is 2. The molecule has 1 N–H and O–H groups in total. The van der Waals surface area contributed by atoms with Crippen molar-refractivity contribution < 1.29 is 14.7 Å². The van der Waals surface area contributed by atoms with Gasteiger partial charge < -0.3 is 5.11 Å². The van der Waals surface area contributed by atoms with Crippen LogP contribution in [0.4, 0.5) is 0 Å². The van der Waals surface area contributed by atoms with Crippen LogP contribution in [0.1, 0.15) is 15.4 Å². The summed E-state index contributed by atoms with van der Waals surface area (Å²) < 4.78 is 3.43. The van der Waals surface area contributed by atoms with Gasteiger partial charge in [-0.3, -0.25) is 4.79 Å². The molecule has 0 aliphatic carbocycles. The zero-order valence-electron chi connectivity index (χ0n) is 5.57. The van der Waals surface area contributed by atoms with E-state index in [1.54, 1.807) is 6.92 Å². The van der Waals surface area contributed by atoms with Crippen LogP contribution in [0.3, 0.4) is 0 Å². The van der Waals surface area contributed by atoms with Crippen molar-refractivity contribution in [2.45, 2.75) is 6.92 Å². The summed E-state index contributed by atoms with van der Waals surface area (Å²) in [7, 11) is 0. The number of Topliss-reactive ketones (excluding diaryl/α,β-unsaturated/α-hetero) is 1. The van der Waals surface area contributed by atoms with Gasteiger partial charge in [-0.15, -0.1) is 5.10 Å². The van der Waals surface area contributed by atoms with Crippen molar-refractivity contribution in [2.75, 3.05) is 0 Å². The van der Waals surface area contributed by atoms with Crippen molar-refractivity contribution >= 4 is 23.3 Å². The maximum Gasteiger partial charge on any atom is 0.378 e. The molecule has 0 unspecified atom stereocenters. The highest BCUT2D eigenvalue weighted by Gasteiger charge is 2.19. The highest BCUT2D eigenvalue weighted by atomic mass is 32.1. The Bertz CT molecular complexity index is 306. The molecule has 0 aliphatic heterocycles. The Balaban J connectivity index is 3.02. The molecule has 0 fully saturated rings. The highest BCUT2D eigenvalue weighted by molar-refractivity contribution is 7.09. The van der Waals surface area contributed by atoms with Crippen molar-refractivity contribution in [3.05, 3.63) is 10.6 Å². The van der Waals surface area contributed by atoms with E-state index in [9.17, 15) is 9.59 Å². The van der Waals surface area contributed by atoms with E-state index in [-0.39, 0.29) is 4.88 Å². The largest absolute Gasteiger partial charge is 0.475 e. The summed E-state index contributed by atoms with van der Waals surface area (Å²) in [5.74, 6) is -2.42. The number of aromatic nitrogens is 2. The van der Waals surface area contributed by atoms with Crippen LogP contribution in [-0.4, -0.2) is 26.4 Å². The zero-order chi connectivity index (χ0) is 8.43. The number of carboxylic acids is 1. The van der Waals surface area contributed by atoms with Gasteiger partial charge >= 0.3 is 5.97 Å². The van der Waals surface area contributed by atoms with E-state index in [1.807, 2.05) is 0 Å². The molecule has 11 heavy (non-hydrogen) atoms. The molecule has 5 nitrogen and oxygen atoms in total. The number of nitrogens with zero attached hydrogens (tertiary/aromatic N) is 2. The minimum atomic E-state index is -1.47. The van der Waals surface area contributed by atoms with E-state index >= 15 is 0 Å². The number of hydrogen-bond donors (Lipinski definition) is 1. The summed E-state index contributed by atoms with van der Waals surface area (Å²) in [5, 5.41) is 11.8. The lowest BCUT2D eigenvalue weighted by molar-refractivity contribution is -0.131. The molecule has 0 saturated heterocycles. The van der Waals surface area contributed by atoms with Gasteiger partial charge in [-0.1, -0.05) is 4.49 Å². The normalized spacial score (nSPS) is 9.55. The van der Waals surface area contributed by atoms with Gasteiger partial charge in [0.25, 0.3) is 5.78 Å². The van der Waals surface area contributed by atoms with E-state index in [1.165, 1.54) is 0 Å². The van der Waals surface area contributed by atoms with Gasteiger partial charge in [0.2, 0.25) is 0 Å². The van der Waals surface area contributed by atoms with Crippen LogP contribution in [0.15, 0.2) is 0 Å². The quantitative estimate of drug-likeness (QED) is 0.506. The number of rotatable bonds is 2. The van der Waals surface area contributed by atoms with Crippen molar-refractivity contribution in [1.29, 1.82) is 0 Å². The molecule has 6 heteroatoms. The number of ketones is 1. The fraction of sp³-hybridized carbons (Fsp3) is 0.200. The molecule has 0 amide bonds. The molecule has 1 rings (SSSR count). The number of aryl methyl sites for hydroxylation is 1. The number of aliphatic carboxylic acids is 1. The predicted octanol–water partition coefficient (Wildman–Crippen LogP) is 0.114.